The van der Waals surface area contributed by atoms with Gasteiger partial charge in [-0.25, -0.2) is 0 Å². The molecule has 164 valence electrons. The summed E-state index contributed by atoms with van der Waals surface area (Å²) >= 11 is 6.02. The summed E-state index contributed by atoms with van der Waals surface area (Å²) in [6.45, 7) is 4.98. The van der Waals surface area contributed by atoms with Gasteiger partial charge >= 0.3 is 0 Å². The van der Waals surface area contributed by atoms with E-state index < -0.39 is 6.10 Å². The van der Waals surface area contributed by atoms with Gasteiger partial charge < -0.3 is 36.2 Å². The molecule has 0 amide bonds. The minimum absolute atomic E-state index is 0. The summed E-state index contributed by atoms with van der Waals surface area (Å²) < 4.78 is 18.3. The van der Waals surface area contributed by atoms with Gasteiger partial charge in [0.25, 0.3) is 0 Å². The molecule has 0 aromatic heterocycles. The highest BCUT2D eigenvalue weighted by atomic mass is 35.5. The zero-order valence-corrected chi connectivity index (χ0v) is 18.5. The lowest BCUT2D eigenvalue weighted by molar-refractivity contribution is -0.932. The number of aliphatic hydroxyl groups excluding tert-OH is 1. The minimum atomic E-state index is -0.503. The summed E-state index contributed by atoms with van der Waals surface area (Å²) in [7, 11) is 0. The number of aliphatic hydroxyl groups is 1. The maximum absolute atomic E-state index is 10.7. The van der Waals surface area contributed by atoms with Gasteiger partial charge in [0.2, 0.25) is 0 Å². The highest BCUT2D eigenvalue weighted by Crippen LogP contribution is 2.31. The topological polar surface area (TPSA) is 47.9 Å². The van der Waals surface area contributed by atoms with E-state index in [1.54, 1.807) is 0 Å². The second-order valence-electron chi connectivity index (χ2n) is 8.15. The van der Waals surface area contributed by atoms with Crippen molar-refractivity contribution in [3.8, 4) is 11.5 Å². The number of likely N-dealkylation sites (tertiary alicyclic amines) is 1. The van der Waals surface area contributed by atoms with E-state index in [0.717, 1.165) is 40.6 Å². The van der Waals surface area contributed by atoms with Crippen molar-refractivity contribution < 1.29 is 36.2 Å². The maximum atomic E-state index is 10.7. The SMILES string of the molecule is OC(COCC1COc2ccccc2O1)C[N+]1(Cc2ccc(Cl)cc2)CCCC1.[Cl-]. The number of hydrogen-bond acceptors (Lipinski definition) is 4. The smallest absolute Gasteiger partial charge is 0.161 e. The van der Waals surface area contributed by atoms with E-state index in [9.17, 15) is 5.11 Å². The van der Waals surface area contributed by atoms with Crippen LogP contribution in [0.25, 0.3) is 0 Å². The second kappa shape index (κ2) is 10.7. The minimum Gasteiger partial charge on any atom is -1.00 e. The van der Waals surface area contributed by atoms with Gasteiger partial charge in [0.15, 0.2) is 17.6 Å². The Morgan fingerprint density at radius 1 is 1.07 bits per heavy atom. The molecule has 30 heavy (non-hydrogen) atoms. The van der Waals surface area contributed by atoms with Crippen LogP contribution < -0.4 is 21.9 Å². The molecule has 1 N–H and O–H groups in total. The molecule has 2 aliphatic heterocycles. The van der Waals surface area contributed by atoms with Crippen molar-refractivity contribution in [2.75, 3.05) is 39.5 Å². The van der Waals surface area contributed by atoms with Crippen LogP contribution >= 0.6 is 11.6 Å². The van der Waals surface area contributed by atoms with Crippen LogP contribution in [0.4, 0.5) is 0 Å². The molecule has 0 aliphatic carbocycles. The van der Waals surface area contributed by atoms with Crippen LogP contribution in [-0.4, -0.2) is 61.3 Å². The lowest BCUT2D eigenvalue weighted by Crippen LogP contribution is -3.00. The molecule has 0 saturated carbocycles. The number of nitrogens with zero attached hydrogens (tertiary/aromatic N) is 1. The highest BCUT2D eigenvalue weighted by molar-refractivity contribution is 6.30. The molecule has 0 bridgehead atoms. The van der Waals surface area contributed by atoms with Gasteiger partial charge in [-0.15, -0.1) is 0 Å². The third kappa shape index (κ3) is 6.02. The van der Waals surface area contributed by atoms with E-state index in [1.165, 1.54) is 18.4 Å². The van der Waals surface area contributed by atoms with Crippen LogP contribution in [0.1, 0.15) is 18.4 Å². The van der Waals surface area contributed by atoms with Gasteiger partial charge in [0, 0.05) is 23.4 Å². The van der Waals surface area contributed by atoms with E-state index in [4.69, 9.17) is 25.8 Å². The fourth-order valence-electron chi connectivity index (χ4n) is 4.37. The van der Waals surface area contributed by atoms with E-state index in [1.807, 2.05) is 36.4 Å². The number of para-hydroxylation sites is 2. The largest absolute Gasteiger partial charge is 1.00 e. The van der Waals surface area contributed by atoms with Gasteiger partial charge in [0.05, 0.1) is 26.3 Å². The molecule has 4 rings (SSSR count). The molecule has 2 unspecified atom stereocenters. The second-order valence-corrected chi connectivity index (χ2v) is 8.59. The molecular weight excluding hydrogens is 425 g/mol. The van der Waals surface area contributed by atoms with Crippen LogP contribution in [0.5, 0.6) is 11.5 Å². The fraction of sp³-hybridized carbons (Fsp3) is 0.478. The first-order valence-corrected chi connectivity index (χ1v) is 10.7. The van der Waals surface area contributed by atoms with Crippen molar-refractivity contribution in [3.05, 3.63) is 59.1 Å². The van der Waals surface area contributed by atoms with Crippen molar-refractivity contribution in [1.82, 2.24) is 0 Å². The number of halogens is 2. The predicted molar refractivity (Wildman–Crippen MR) is 112 cm³/mol. The van der Waals surface area contributed by atoms with Crippen molar-refractivity contribution >= 4 is 11.6 Å². The van der Waals surface area contributed by atoms with Crippen LogP contribution in [0.3, 0.4) is 0 Å². The summed E-state index contributed by atoms with van der Waals surface area (Å²) in [6, 6.07) is 15.7. The molecule has 2 atom stereocenters. The summed E-state index contributed by atoms with van der Waals surface area (Å²) in [6.07, 6.45) is 1.75. The van der Waals surface area contributed by atoms with Gasteiger partial charge in [-0.2, -0.15) is 0 Å². The number of fused-ring (bicyclic) bond motifs is 1. The van der Waals surface area contributed by atoms with Crippen LogP contribution in [0.2, 0.25) is 5.02 Å². The van der Waals surface area contributed by atoms with Gasteiger partial charge in [-0.3, -0.25) is 0 Å². The lowest BCUT2D eigenvalue weighted by Gasteiger charge is -2.36. The molecule has 0 spiro atoms. The predicted octanol–water partition coefficient (Wildman–Crippen LogP) is 0.672. The molecule has 2 aromatic rings. The Bertz CT molecular complexity index is 796. The van der Waals surface area contributed by atoms with Crippen molar-refractivity contribution in [1.29, 1.82) is 0 Å². The Hall–Kier alpha value is -1.50. The van der Waals surface area contributed by atoms with Crippen LogP contribution in [0, 0.1) is 0 Å². The Morgan fingerprint density at radius 3 is 2.50 bits per heavy atom. The monoisotopic (exact) mass is 453 g/mol. The van der Waals surface area contributed by atoms with E-state index >= 15 is 0 Å². The molecule has 5 nitrogen and oxygen atoms in total. The average Bonchev–Trinajstić information content (AvgIpc) is 3.17. The first-order chi connectivity index (χ1) is 14.1. The lowest BCUT2D eigenvalue weighted by atomic mass is 10.1. The third-order valence-corrected chi connectivity index (χ3v) is 5.98. The molecule has 1 fully saturated rings. The summed E-state index contributed by atoms with van der Waals surface area (Å²) in [5.41, 5.74) is 1.26. The zero-order chi connectivity index (χ0) is 20.1. The van der Waals surface area contributed by atoms with Crippen molar-refractivity contribution in [2.45, 2.75) is 31.6 Å². The number of rotatable bonds is 8. The third-order valence-electron chi connectivity index (χ3n) is 5.73. The summed E-state index contributed by atoms with van der Waals surface area (Å²) in [4.78, 5) is 0. The Kier molecular flexibility index (Phi) is 8.26. The van der Waals surface area contributed by atoms with Gasteiger partial charge in [-0.05, 0) is 24.3 Å². The van der Waals surface area contributed by atoms with Crippen LogP contribution in [-0.2, 0) is 11.3 Å². The molecule has 2 aromatic carbocycles. The molecule has 2 heterocycles. The Morgan fingerprint density at radius 2 is 1.77 bits per heavy atom. The normalized spacial score (nSPS) is 20.4. The van der Waals surface area contributed by atoms with E-state index in [2.05, 4.69) is 12.1 Å². The maximum Gasteiger partial charge on any atom is 0.161 e. The first-order valence-electron chi connectivity index (χ1n) is 10.4. The summed E-state index contributed by atoms with van der Waals surface area (Å²) in [5.74, 6) is 1.52. The van der Waals surface area contributed by atoms with Gasteiger partial charge in [-0.1, -0.05) is 35.9 Å². The fourth-order valence-corrected chi connectivity index (χ4v) is 4.50. The Balaban J connectivity index is 0.00000256. The first kappa shape index (κ1) is 23.2. The number of benzene rings is 2. The number of ether oxygens (including phenoxy) is 3. The molecule has 2 aliphatic rings. The summed E-state index contributed by atoms with van der Waals surface area (Å²) in [5, 5.41) is 11.4. The number of hydrogen-bond donors (Lipinski definition) is 1. The number of quaternary nitrogens is 1. The highest BCUT2D eigenvalue weighted by Gasteiger charge is 2.34. The molecule has 1 saturated heterocycles. The van der Waals surface area contributed by atoms with E-state index in [-0.39, 0.29) is 18.5 Å². The van der Waals surface area contributed by atoms with Crippen molar-refractivity contribution in [3.63, 3.8) is 0 Å². The average molecular weight is 454 g/mol. The van der Waals surface area contributed by atoms with E-state index in [0.29, 0.717) is 26.4 Å². The van der Waals surface area contributed by atoms with Crippen LogP contribution in [0.15, 0.2) is 48.5 Å². The van der Waals surface area contributed by atoms with Gasteiger partial charge in [0.1, 0.15) is 25.8 Å². The molecule has 0 radical (unpaired) electrons. The quantitative estimate of drug-likeness (QED) is 0.596. The van der Waals surface area contributed by atoms with Crippen molar-refractivity contribution in [2.24, 2.45) is 0 Å². The Labute approximate surface area is 189 Å². The molecule has 7 heteroatoms. The zero-order valence-electron chi connectivity index (χ0n) is 17.0. The molecular formula is C23H29Cl2NO4. The standard InChI is InChI=1S/C23H29ClNO4.ClH/c24-19-9-7-18(8-10-19)13-25(11-3-4-12-25)14-20(26)15-27-16-21-17-28-22-5-1-2-6-23(22)29-21;/h1-2,5-10,20-21,26H,3-4,11-17H2;1H/q+1;/p-1.